The number of nitrogens with zero attached hydrogens (tertiary/aromatic N) is 4. The molecule has 156 valence electrons. The lowest BCUT2D eigenvalue weighted by molar-refractivity contribution is -0.132. The lowest BCUT2D eigenvalue weighted by Gasteiger charge is -2.26. The molecule has 0 radical (unpaired) electrons. The molecule has 1 saturated heterocycles. The monoisotopic (exact) mass is 428 g/mol. The number of aromatic amines is 2. The van der Waals surface area contributed by atoms with Crippen LogP contribution in [0.25, 0.3) is 5.69 Å². The molecule has 30 heavy (non-hydrogen) atoms. The van der Waals surface area contributed by atoms with Crippen molar-refractivity contribution in [3.63, 3.8) is 0 Å². The van der Waals surface area contributed by atoms with E-state index in [0.29, 0.717) is 43.0 Å². The van der Waals surface area contributed by atoms with Gasteiger partial charge in [-0.15, -0.1) is 10.2 Å². The topological polar surface area (TPSA) is 126 Å². The highest BCUT2D eigenvalue weighted by molar-refractivity contribution is 7.99. The lowest BCUT2D eigenvalue weighted by Crippen LogP contribution is -2.41. The first kappa shape index (κ1) is 20.1. The second-order valence-corrected chi connectivity index (χ2v) is 7.58. The number of nitrogens with one attached hydrogen (secondary N) is 2. The lowest BCUT2D eigenvalue weighted by atomic mass is 10.2. The van der Waals surface area contributed by atoms with Gasteiger partial charge in [-0.1, -0.05) is 30.0 Å². The van der Waals surface area contributed by atoms with Gasteiger partial charge in [0.2, 0.25) is 5.91 Å². The minimum absolute atomic E-state index is 0.0198. The summed E-state index contributed by atoms with van der Waals surface area (Å²) in [5.74, 6) is 0.794. The van der Waals surface area contributed by atoms with Crippen molar-refractivity contribution in [3.8, 4) is 5.69 Å². The van der Waals surface area contributed by atoms with Crippen LogP contribution in [-0.4, -0.2) is 67.6 Å². The van der Waals surface area contributed by atoms with Gasteiger partial charge in [-0.05, 0) is 12.1 Å². The first-order valence-corrected chi connectivity index (χ1v) is 10.4. The van der Waals surface area contributed by atoms with Gasteiger partial charge in [-0.3, -0.25) is 19.1 Å². The van der Waals surface area contributed by atoms with Gasteiger partial charge in [0.05, 0.1) is 19.0 Å². The molecule has 1 aliphatic rings. The Labute approximate surface area is 175 Å². The molecule has 2 aromatic heterocycles. The van der Waals surface area contributed by atoms with Gasteiger partial charge in [-0.25, -0.2) is 4.79 Å². The standard InChI is InChI=1S/C19H20N6O4S/c26-16-11-13(20-18(28)21-16)10-15-22-23-19(25(15)14-4-2-1-3-5-14)30-12-17(27)24-6-8-29-9-7-24/h1-5,11H,6-10,12H2,(H2,20,21,26,28). The van der Waals surface area contributed by atoms with Crippen molar-refractivity contribution in [1.82, 2.24) is 29.6 Å². The minimum atomic E-state index is -0.575. The third-order valence-electron chi connectivity index (χ3n) is 4.57. The predicted octanol–water partition coefficient (Wildman–Crippen LogP) is 0.186. The molecule has 2 N–H and O–H groups in total. The Bertz CT molecular complexity index is 1110. The van der Waals surface area contributed by atoms with Gasteiger partial charge < -0.3 is 14.6 Å². The normalized spacial score (nSPS) is 14.1. The van der Waals surface area contributed by atoms with Gasteiger partial charge in [0.25, 0.3) is 5.56 Å². The molecule has 1 amide bonds. The Morgan fingerprint density at radius 1 is 1.10 bits per heavy atom. The molecule has 1 aliphatic heterocycles. The first-order valence-electron chi connectivity index (χ1n) is 9.41. The number of hydrogen-bond acceptors (Lipinski definition) is 7. The summed E-state index contributed by atoms with van der Waals surface area (Å²) in [7, 11) is 0. The van der Waals surface area contributed by atoms with E-state index >= 15 is 0 Å². The van der Waals surface area contributed by atoms with Crippen molar-refractivity contribution in [2.45, 2.75) is 11.6 Å². The van der Waals surface area contributed by atoms with Crippen molar-refractivity contribution in [3.05, 3.63) is 68.8 Å². The Morgan fingerprint density at radius 3 is 2.60 bits per heavy atom. The summed E-state index contributed by atoms with van der Waals surface area (Å²) in [6, 6.07) is 10.8. The molecule has 3 heterocycles. The number of H-pyrrole nitrogens is 2. The van der Waals surface area contributed by atoms with E-state index in [1.54, 1.807) is 4.90 Å². The zero-order valence-corrected chi connectivity index (χ0v) is 16.9. The number of benzene rings is 1. The molecule has 0 unspecified atom stereocenters. The predicted molar refractivity (Wildman–Crippen MR) is 110 cm³/mol. The smallest absolute Gasteiger partial charge is 0.325 e. The van der Waals surface area contributed by atoms with E-state index in [4.69, 9.17) is 4.74 Å². The number of carbonyl (C=O) groups excluding carboxylic acids is 1. The van der Waals surface area contributed by atoms with Crippen molar-refractivity contribution in [2.75, 3.05) is 32.1 Å². The molecule has 10 nitrogen and oxygen atoms in total. The zero-order chi connectivity index (χ0) is 20.9. The number of hydrogen-bond donors (Lipinski definition) is 2. The van der Waals surface area contributed by atoms with Crippen LogP contribution in [0.1, 0.15) is 11.5 Å². The van der Waals surface area contributed by atoms with E-state index < -0.39 is 11.2 Å². The third kappa shape index (κ3) is 4.69. The Hall–Kier alpha value is -3.18. The number of thioether (sulfide) groups is 1. The number of amides is 1. The molecular weight excluding hydrogens is 408 g/mol. The van der Waals surface area contributed by atoms with Crippen LogP contribution in [0.4, 0.5) is 0 Å². The second kappa shape index (κ2) is 9.09. The second-order valence-electron chi connectivity index (χ2n) is 6.64. The number of carbonyl (C=O) groups is 1. The van der Waals surface area contributed by atoms with E-state index in [0.717, 1.165) is 5.69 Å². The van der Waals surface area contributed by atoms with Crippen LogP contribution in [-0.2, 0) is 16.0 Å². The molecule has 0 aliphatic carbocycles. The van der Waals surface area contributed by atoms with Crippen LogP contribution in [0.2, 0.25) is 0 Å². The van der Waals surface area contributed by atoms with Crippen LogP contribution in [0, 0.1) is 0 Å². The van der Waals surface area contributed by atoms with Gasteiger partial charge in [0.1, 0.15) is 5.82 Å². The maximum absolute atomic E-state index is 12.5. The molecule has 1 fully saturated rings. The highest BCUT2D eigenvalue weighted by Crippen LogP contribution is 2.23. The molecular formula is C19H20N6O4S. The summed E-state index contributed by atoms with van der Waals surface area (Å²) >= 11 is 1.30. The van der Waals surface area contributed by atoms with Crippen molar-refractivity contribution < 1.29 is 9.53 Å². The summed E-state index contributed by atoms with van der Waals surface area (Å²) in [4.78, 5) is 42.2. The van der Waals surface area contributed by atoms with Gasteiger partial charge >= 0.3 is 5.69 Å². The maximum Gasteiger partial charge on any atom is 0.325 e. The number of para-hydroxylation sites is 1. The third-order valence-corrected chi connectivity index (χ3v) is 5.48. The largest absolute Gasteiger partial charge is 0.378 e. The van der Waals surface area contributed by atoms with Crippen molar-refractivity contribution >= 4 is 17.7 Å². The molecule has 3 aromatic rings. The summed E-state index contributed by atoms with van der Waals surface area (Å²) in [5.41, 5.74) is 0.194. The fourth-order valence-electron chi connectivity index (χ4n) is 3.16. The van der Waals surface area contributed by atoms with Crippen LogP contribution in [0.15, 0.2) is 51.1 Å². The zero-order valence-electron chi connectivity index (χ0n) is 16.0. The van der Waals surface area contributed by atoms with Gasteiger partial charge in [0.15, 0.2) is 5.16 Å². The summed E-state index contributed by atoms with van der Waals surface area (Å²) < 4.78 is 7.12. The van der Waals surface area contributed by atoms with Crippen LogP contribution in [0.5, 0.6) is 0 Å². The van der Waals surface area contributed by atoms with Gasteiger partial charge in [0, 0.05) is 37.0 Å². The molecule has 0 saturated carbocycles. The maximum atomic E-state index is 12.5. The van der Waals surface area contributed by atoms with Crippen molar-refractivity contribution in [1.29, 1.82) is 0 Å². The SMILES string of the molecule is O=C(CSc1nnc(Cc2cc(=O)[nH]c(=O)[nH]2)n1-c1ccccc1)N1CCOCC1. The summed E-state index contributed by atoms with van der Waals surface area (Å²) in [6.45, 7) is 2.28. The van der Waals surface area contributed by atoms with Crippen LogP contribution < -0.4 is 11.2 Å². The van der Waals surface area contributed by atoms with E-state index in [9.17, 15) is 14.4 Å². The molecule has 4 rings (SSSR count). The minimum Gasteiger partial charge on any atom is -0.378 e. The van der Waals surface area contributed by atoms with Gasteiger partial charge in [-0.2, -0.15) is 0 Å². The van der Waals surface area contributed by atoms with Crippen LogP contribution >= 0.6 is 11.8 Å². The quantitative estimate of drug-likeness (QED) is 0.537. The summed E-state index contributed by atoms with van der Waals surface area (Å²) in [6.07, 6.45) is 0.207. The Balaban J connectivity index is 1.60. The first-order chi connectivity index (χ1) is 14.6. The number of rotatable bonds is 6. The highest BCUT2D eigenvalue weighted by Gasteiger charge is 2.20. The molecule has 0 atom stereocenters. The molecule has 1 aromatic carbocycles. The fourth-order valence-corrected chi connectivity index (χ4v) is 4.03. The molecule has 11 heteroatoms. The van der Waals surface area contributed by atoms with Crippen molar-refractivity contribution in [2.24, 2.45) is 0 Å². The average molecular weight is 428 g/mol. The fraction of sp³-hybridized carbons (Fsp3) is 0.316. The van der Waals surface area contributed by atoms with E-state index in [1.165, 1.54) is 17.8 Å². The van der Waals surface area contributed by atoms with E-state index in [-0.39, 0.29) is 18.1 Å². The Kier molecular flexibility index (Phi) is 6.10. The van der Waals surface area contributed by atoms with Crippen LogP contribution in [0.3, 0.4) is 0 Å². The average Bonchev–Trinajstić information content (AvgIpc) is 3.14. The number of morpholine rings is 1. The van der Waals surface area contributed by atoms with E-state index in [2.05, 4.69) is 20.2 Å². The molecule has 0 spiro atoms. The highest BCUT2D eigenvalue weighted by atomic mass is 32.2. The van der Waals surface area contributed by atoms with E-state index in [1.807, 2.05) is 34.9 Å². The molecule has 0 bridgehead atoms. The number of ether oxygens (including phenoxy) is 1. The summed E-state index contributed by atoms with van der Waals surface area (Å²) in [5, 5.41) is 9.06. The Morgan fingerprint density at radius 2 is 1.87 bits per heavy atom. The number of aromatic nitrogens is 5.